The fourth-order valence-electron chi connectivity index (χ4n) is 1.23. The number of hydrogen-bond donors (Lipinski definition) is 0. The molecule has 0 aliphatic heterocycles. The Morgan fingerprint density at radius 2 is 1.92 bits per heavy atom. The fourth-order valence-corrected chi connectivity index (χ4v) is 1.23. The zero-order chi connectivity index (χ0) is 9.23. The van der Waals surface area contributed by atoms with Gasteiger partial charge in [-0.05, 0) is 32.9 Å². The molecule has 0 saturated carbocycles. The van der Waals surface area contributed by atoms with Crippen LogP contribution in [-0.2, 0) is 0 Å². The van der Waals surface area contributed by atoms with Gasteiger partial charge in [-0.1, -0.05) is 32.4 Å². The van der Waals surface area contributed by atoms with E-state index in [0.29, 0.717) is 0 Å². The largest absolute Gasteiger partial charge is 0.303 e. The predicted molar refractivity (Wildman–Crippen MR) is 56.5 cm³/mol. The molecule has 0 aliphatic carbocycles. The van der Waals surface area contributed by atoms with Crippen molar-refractivity contribution in [3.8, 4) is 0 Å². The lowest BCUT2D eigenvalue weighted by Gasteiger charge is -2.18. The first-order valence-corrected chi connectivity index (χ1v) is 5.18. The minimum Gasteiger partial charge on any atom is -0.303 e. The van der Waals surface area contributed by atoms with Gasteiger partial charge in [0.15, 0.2) is 0 Å². The molecule has 0 rings (SSSR count). The summed E-state index contributed by atoms with van der Waals surface area (Å²) in [4.78, 5) is 2.52. The smallest absolute Gasteiger partial charge is 0.00158 e. The van der Waals surface area contributed by atoms with Crippen molar-refractivity contribution in [1.29, 1.82) is 0 Å². The molecule has 1 heteroatoms. The zero-order valence-corrected chi connectivity index (χ0v) is 8.84. The van der Waals surface area contributed by atoms with Crippen LogP contribution < -0.4 is 0 Å². The second-order valence-electron chi connectivity index (χ2n) is 3.15. The monoisotopic (exact) mass is 169 g/mol. The van der Waals surface area contributed by atoms with Crippen molar-refractivity contribution in [3.05, 3.63) is 12.2 Å². The molecule has 0 aromatic rings. The van der Waals surface area contributed by atoms with Crippen LogP contribution in [0, 0.1) is 0 Å². The highest BCUT2D eigenvalue weighted by Crippen LogP contribution is 1.96. The first kappa shape index (κ1) is 11.7. The first-order chi connectivity index (χ1) is 5.85. The number of allylic oxidation sites excluding steroid dienone is 1. The Kier molecular flexibility index (Phi) is 8.57. The van der Waals surface area contributed by atoms with Crippen molar-refractivity contribution in [1.82, 2.24) is 4.90 Å². The van der Waals surface area contributed by atoms with Crippen molar-refractivity contribution < 1.29 is 0 Å². The van der Waals surface area contributed by atoms with Crippen molar-refractivity contribution in [2.45, 2.75) is 40.0 Å². The molecular formula is C11H23N. The van der Waals surface area contributed by atoms with Crippen molar-refractivity contribution in [2.75, 3.05) is 19.6 Å². The highest BCUT2D eigenvalue weighted by molar-refractivity contribution is 4.77. The van der Waals surface area contributed by atoms with Crippen LogP contribution in [-0.4, -0.2) is 24.5 Å². The van der Waals surface area contributed by atoms with E-state index in [4.69, 9.17) is 0 Å². The van der Waals surface area contributed by atoms with Gasteiger partial charge in [0.05, 0.1) is 0 Å². The van der Waals surface area contributed by atoms with Gasteiger partial charge < -0.3 is 4.90 Å². The Bertz CT molecular complexity index is 108. The Morgan fingerprint density at radius 3 is 2.42 bits per heavy atom. The van der Waals surface area contributed by atoms with E-state index in [1.165, 1.54) is 38.9 Å². The van der Waals surface area contributed by atoms with Gasteiger partial charge in [-0.3, -0.25) is 0 Å². The summed E-state index contributed by atoms with van der Waals surface area (Å²) in [6, 6.07) is 0. The lowest BCUT2D eigenvalue weighted by molar-refractivity contribution is 0.289. The zero-order valence-electron chi connectivity index (χ0n) is 8.84. The number of rotatable bonds is 7. The van der Waals surface area contributed by atoms with Gasteiger partial charge in [-0.15, -0.1) is 0 Å². The third-order valence-electron chi connectivity index (χ3n) is 2.12. The maximum atomic E-state index is 2.52. The van der Waals surface area contributed by atoms with Crippen LogP contribution in [0.3, 0.4) is 0 Å². The van der Waals surface area contributed by atoms with Gasteiger partial charge in [0.2, 0.25) is 0 Å². The summed E-state index contributed by atoms with van der Waals surface area (Å²) >= 11 is 0. The van der Waals surface area contributed by atoms with Crippen LogP contribution in [0.5, 0.6) is 0 Å². The Balaban J connectivity index is 3.39. The third kappa shape index (κ3) is 6.41. The molecule has 1 nitrogen and oxygen atoms in total. The Labute approximate surface area is 77.5 Å². The van der Waals surface area contributed by atoms with Crippen LogP contribution >= 0.6 is 0 Å². The van der Waals surface area contributed by atoms with E-state index < -0.39 is 0 Å². The quantitative estimate of drug-likeness (QED) is 0.529. The molecule has 0 N–H and O–H groups in total. The molecule has 0 aromatic heterocycles. The van der Waals surface area contributed by atoms with Crippen LogP contribution in [0.2, 0.25) is 0 Å². The Morgan fingerprint density at radius 1 is 1.17 bits per heavy atom. The highest BCUT2D eigenvalue weighted by Gasteiger charge is 1.98. The van der Waals surface area contributed by atoms with E-state index >= 15 is 0 Å². The molecule has 0 saturated heterocycles. The second-order valence-corrected chi connectivity index (χ2v) is 3.15. The average Bonchev–Trinajstić information content (AvgIpc) is 2.11. The maximum Gasteiger partial charge on any atom is 0.00158 e. The molecule has 0 amide bonds. The van der Waals surface area contributed by atoms with E-state index in [-0.39, 0.29) is 0 Å². The van der Waals surface area contributed by atoms with Crippen LogP contribution in [0.4, 0.5) is 0 Å². The summed E-state index contributed by atoms with van der Waals surface area (Å²) in [5.41, 5.74) is 0. The van der Waals surface area contributed by atoms with E-state index in [1.807, 2.05) is 0 Å². The summed E-state index contributed by atoms with van der Waals surface area (Å²) in [6.07, 6.45) is 8.22. The number of unbranched alkanes of at least 4 members (excludes halogenated alkanes) is 1. The van der Waals surface area contributed by atoms with E-state index in [9.17, 15) is 0 Å². The molecule has 0 aromatic carbocycles. The van der Waals surface area contributed by atoms with Gasteiger partial charge in [0, 0.05) is 6.54 Å². The van der Waals surface area contributed by atoms with Crippen LogP contribution in [0.15, 0.2) is 12.2 Å². The molecule has 0 radical (unpaired) electrons. The normalized spacial score (nSPS) is 11.7. The predicted octanol–water partition coefficient (Wildman–Crippen LogP) is 3.07. The summed E-state index contributed by atoms with van der Waals surface area (Å²) in [5.74, 6) is 0. The summed E-state index contributed by atoms with van der Waals surface area (Å²) in [6.45, 7) is 10.3. The van der Waals surface area contributed by atoms with E-state index in [2.05, 4.69) is 37.8 Å². The summed E-state index contributed by atoms with van der Waals surface area (Å²) in [5, 5.41) is 0. The minimum absolute atomic E-state index is 1.19. The standard InChI is InChI=1S/C11H23N/c1-4-7-9-11-12(6-3)10-8-5-2/h4,7H,5-6,8-11H2,1-3H3/b7-4-. The van der Waals surface area contributed by atoms with Gasteiger partial charge >= 0.3 is 0 Å². The Hall–Kier alpha value is -0.300. The maximum absolute atomic E-state index is 2.52. The molecule has 0 unspecified atom stereocenters. The van der Waals surface area contributed by atoms with Crippen LogP contribution in [0.1, 0.15) is 40.0 Å². The topological polar surface area (TPSA) is 3.24 Å². The molecule has 0 aliphatic rings. The lowest BCUT2D eigenvalue weighted by Crippen LogP contribution is -2.25. The molecule has 0 spiro atoms. The van der Waals surface area contributed by atoms with E-state index in [1.54, 1.807) is 0 Å². The van der Waals surface area contributed by atoms with Crippen molar-refractivity contribution >= 4 is 0 Å². The molecule has 0 bridgehead atoms. The molecule has 0 heterocycles. The average molecular weight is 169 g/mol. The fraction of sp³-hybridized carbons (Fsp3) is 0.818. The van der Waals surface area contributed by atoms with Crippen molar-refractivity contribution in [3.63, 3.8) is 0 Å². The third-order valence-corrected chi connectivity index (χ3v) is 2.12. The minimum atomic E-state index is 1.19. The van der Waals surface area contributed by atoms with Gasteiger partial charge in [0.1, 0.15) is 0 Å². The van der Waals surface area contributed by atoms with Crippen molar-refractivity contribution in [2.24, 2.45) is 0 Å². The molecular weight excluding hydrogens is 146 g/mol. The van der Waals surface area contributed by atoms with Gasteiger partial charge in [-0.25, -0.2) is 0 Å². The molecule has 72 valence electrons. The highest BCUT2D eigenvalue weighted by atomic mass is 15.1. The lowest BCUT2D eigenvalue weighted by atomic mass is 10.3. The summed E-state index contributed by atoms with van der Waals surface area (Å²) in [7, 11) is 0. The first-order valence-electron chi connectivity index (χ1n) is 5.18. The molecule has 0 fully saturated rings. The summed E-state index contributed by atoms with van der Waals surface area (Å²) < 4.78 is 0. The number of hydrogen-bond acceptors (Lipinski definition) is 1. The van der Waals surface area contributed by atoms with Gasteiger partial charge in [0.25, 0.3) is 0 Å². The number of nitrogens with zero attached hydrogens (tertiary/aromatic N) is 1. The van der Waals surface area contributed by atoms with Gasteiger partial charge in [-0.2, -0.15) is 0 Å². The van der Waals surface area contributed by atoms with E-state index in [0.717, 1.165) is 0 Å². The second kappa shape index (κ2) is 8.79. The molecule has 0 atom stereocenters. The molecule has 12 heavy (non-hydrogen) atoms. The SMILES string of the molecule is C/C=C\CCN(CC)CCCC. The van der Waals surface area contributed by atoms with Crippen LogP contribution in [0.25, 0.3) is 0 Å².